The summed E-state index contributed by atoms with van der Waals surface area (Å²) in [7, 11) is 0. The highest BCUT2D eigenvalue weighted by Gasteiger charge is 2.06. The second kappa shape index (κ2) is 3.21. The zero-order chi connectivity index (χ0) is 9.26. The summed E-state index contributed by atoms with van der Waals surface area (Å²) < 4.78 is 14.7. The van der Waals surface area contributed by atoms with Crippen LogP contribution in [0.1, 0.15) is 18.4 Å². The Kier molecular flexibility index (Phi) is 2.05. The van der Waals surface area contributed by atoms with Crippen molar-refractivity contribution in [2.75, 3.05) is 0 Å². The molecule has 1 aliphatic carbocycles. The Morgan fingerprint density at radius 2 is 2.15 bits per heavy atom. The van der Waals surface area contributed by atoms with Crippen molar-refractivity contribution in [2.24, 2.45) is 0 Å². The smallest absolute Gasteiger partial charge is 0.100 e. The van der Waals surface area contributed by atoms with E-state index in [-0.39, 0.29) is 5.83 Å². The van der Waals surface area contributed by atoms with Gasteiger partial charge in [-0.1, -0.05) is 0 Å². The van der Waals surface area contributed by atoms with Crippen LogP contribution in [0.15, 0.2) is 36.4 Å². The number of nitrogens with zero attached hydrogens (tertiary/aromatic N) is 1. The molecule has 68 valence electrons. The molecule has 1 aromatic rings. The number of hydrogen-bond acceptors (Lipinski definition) is 0. The van der Waals surface area contributed by atoms with Crippen LogP contribution in [0, 0.1) is 6.92 Å². The molecule has 1 aromatic heterocycles. The maximum absolute atomic E-state index is 12.7. The molecule has 0 aromatic carbocycles. The molecule has 0 atom stereocenters. The third-order valence-electron chi connectivity index (χ3n) is 2.25. The molecule has 0 saturated heterocycles. The van der Waals surface area contributed by atoms with E-state index in [1.807, 2.05) is 12.3 Å². The van der Waals surface area contributed by atoms with Gasteiger partial charge in [-0.15, -0.1) is 0 Å². The minimum absolute atomic E-state index is 0.0207. The first kappa shape index (κ1) is 8.30. The zero-order valence-electron chi connectivity index (χ0n) is 7.63. The number of allylic oxidation sites excluding steroid dienone is 4. The Hall–Kier alpha value is -1.31. The molecule has 0 unspecified atom stereocenters. The first-order valence-corrected chi connectivity index (χ1v) is 4.46. The zero-order valence-corrected chi connectivity index (χ0v) is 7.63. The van der Waals surface area contributed by atoms with Gasteiger partial charge in [-0.05, 0) is 37.1 Å². The molecule has 0 saturated carbocycles. The molecule has 13 heavy (non-hydrogen) atoms. The second-order valence-corrected chi connectivity index (χ2v) is 3.37. The Balaban J connectivity index is 2.28. The highest BCUT2D eigenvalue weighted by Crippen LogP contribution is 2.22. The van der Waals surface area contributed by atoms with Gasteiger partial charge >= 0.3 is 0 Å². The summed E-state index contributed by atoms with van der Waals surface area (Å²) in [4.78, 5) is 0. The number of hydrogen-bond donors (Lipinski definition) is 0. The van der Waals surface area contributed by atoms with Crippen molar-refractivity contribution in [3.8, 4) is 0 Å². The van der Waals surface area contributed by atoms with Crippen molar-refractivity contribution >= 4 is 5.70 Å². The second-order valence-electron chi connectivity index (χ2n) is 3.37. The molecule has 0 N–H and O–H groups in total. The first-order valence-electron chi connectivity index (χ1n) is 4.46. The molecule has 0 bridgehead atoms. The van der Waals surface area contributed by atoms with E-state index in [1.165, 1.54) is 5.56 Å². The van der Waals surface area contributed by atoms with Gasteiger partial charge in [0.2, 0.25) is 0 Å². The van der Waals surface area contributed by atoms with Gasteiger partial charge in [0.15, 0.2) is 0 Å². The van der Waals surface area contributed by atoms with Gasteiger partial charge in [0.25, 0.3) is 0 Å². The van der Waals surface area contributed by atoms with Crippen LogP contribution in [0.2, 0.25) is 0 Å². The highest BCUT2D eigenvalue weighted by atomic mass is 19.1. The average molecular weight is 177 g/mol. The van der Waals surface area contributed by atoms with E-state index >= 15 is 0 Å². The van der Waals surface area contributed by atoms with Crippen molar-refractivity contribution in [3.63, 3.8) is 0 Å². The molecule has 0 amide bonds. The number of rotatable bonds is 1. The van der Waals surface area contributed by atoms with Crippen LogP contribution < -0.4 is 0 Å². The predicted molar refractivity (Wildman–Crippen MR) is 51.9 cm³/mol. The van der Waals surface area contributed by atoms with Crippen molar-refractivity contribution in [1.29, 1.82) is 0 Å². The van der Waals surface area contributed by atoms with Crippen LogP contribution in [-0.2, 0) is 0 Å². The van der Waals surface area contributed by atoms with Crippen LogP contribution in [0.3, 0.4) is 0 Å². The Morgan fingerprint density at radius 3 is 2.69 bits per heavy atom. The summed E-state index contributed by atoms with van der Waals surface area (Å²) >= 11 is 0. The Morgan fingerprint density at radius 1 is 1.31 bits per heavy atom. The number of aromatic nitrogens is 1. The van der Waals surface area contributed by atoms with Gasteiger partial charge in [0, 0.05) is 24.5 Å². The largest absolute Gasteiger partial charge is 0.327 e. The number of aryl methyl sites for hydroxylation is 1. The van der Waals surface area contributed by atoms with Gasteiger partial charge in [-0.2, -0.15) is 0 Å². The maximum atomic E-state index is 12.7. The van der Waals surface area contributed by atoms with Crippen LogP contribution in [0.4, 0.5) is 4.39 Å². The fourth-order valence-corrected chi connectivity index (χ4v) is 1.50. The lowest BCUT2D eigenvalue weighted by atomic mass is 10.1. The lowest BCUT2D eigenvalue weighted by Crippen LogP contribution is -1.96. The normalized spacial score (nSPS) is 16.8. The van der Waals surface area contributed by atoms with Gasteiger partial charge in [0.05, 0.1) is 0 Å². The molecule has 1 aliphatic rings. The minimum Gasteiger partial charge on any atom is -0.327 e. The predicted octanol–water partition coefficient (Wildman–Crippen LogP) is 3.28. The van der Waals surface area contributed by atoms with Crippen molar-refractivity contribution in [2.45, 2.75) is 19.8 Å². The summed E-state index contributed by atoms with van der Waals surface area (Å²) in [6.07, 6.45) is 8.78. The topological polar surface area (TPSA) is 4.93 Å². The average Bonchev–Trinajstić information content (AvgIpc) is 2.53. The van der Waals surface area contributed by atoms with Crippen molar-refractivity contribution in [3.05, 3.63) is 42.0 Å². The number of halogens is 1. The maximum Gasteiger partial charge on any atom is 0.100 e. The van der Waals surface area contributed by atoms with Crippen LogP contribution >= 0.6 is 0 Å². The quantitative estimate of drug-likeness (QED) is 0.620. The molecule has 2 rings (SSSR count). The van der Waals surface area contributed by atoms with Crippen LogP contribution in [-0.4, -0.2) is 4.57 Å². The third kappa shape index (κ3) is 1.72. The van der Waals surface area contributed by atoms with E-state index in [1.54, 1.807) is 6.08 Å². The van der Waals surface area contributed by atoms with Gasteiger partial charge in [-0.3, -0.25) is 0 Å². The van der Waals surface area contributed by atoms with E-state index < -0.39 is 0 Å². The molecule has 0 aliphatic heterocycles. The standard InChI is InChI=1S/C11H12FN/c1-9-6-7-13(8-9)11-4-2-10(12)3-5-11/h2,4,6-8H,3,5H2,1H3. The lowest BCUT2D eigenvalue weighted by molar-refractivity contribution is 0.587. The molecule has 0 spiro atoms. The van der Waals surface area contributed by atoms with E-state index in [9.17, 15) is 4.39 Å². The molecule has 0 fully saturated rings. The molecular weight excluding hydrogens is 165 g/mol. The highest BCUT2D eigenvalue weighted by molar-refractivity contribution is 5.51. The fourth-order valence-electron chi connectivity index (χ4n) is 1.50. The van der Waals surface area contributed by atoms with Crippen molar-refractivity contribution in [1.82, 2.24) is 4.57 Å². The van der Waals surface area contributed by atoms with Crippen LogP contribution in [0.5, 0.6) is 0 Å². The van der Waals surface area contributed by atoms with Gasteiger partial charge < -0.3 is 4.57 Å². The molecule has 1 nitrogen and oxygen atoms in total. The summed E-state index contributed by atoms with van der Waals surface area (Å²) in [6.45, 7) is 2.05. The first-order chi connectivity index (χ1) is 6.25. The third-order valence-corrected chi connectivity index (χ3v) is 2.25. The van der Waals surface area contributed by atoms with Crippen LogP contribution in [0.25, 0.3) is 5.70 Å². The molecular formula is C11H12FN. The summed E-state index contributed by atoms with van der Waals surface area (Å²) in [5.41, 5.74) is 2.39. The summed E-state index contributed by atoms with van der Waals surface area (Å²) in [5, 5.41) is 0. The van der Waals surface area contributed by atoms with Gasteiger partial charge in [0.1, 0.15) is 5.83 Å². The fraction of sp³-hybridized carbons (Fsp3) is 0.273. The Bertz CT molecular complexity index is 371. The Labute approximate surface area is 77.2 Å². The molecule has 2 heteroatoms. The van der Waals surface area contributed by atoms with E-state index in [2.05, 4.69) is 23.8 Å². The lowest BCUT2D eigenvalue weighted by Gasteiger charge is -2.11. The summed E-state index contributed by atoms with van der Waals surface area (Å²) in [5.74, 6) is -0.0207. The van der Waals surface area contributed by atoms with E-state index in [0.717, 1.165) is 12.1 Å². The van der Waals surface area contributed by atoms with Gasteiger partial charge in [-0.25, -0.2) is 4.39 Å². The molecule has 0 radical (unpaired) electrons. The summed E-state index contributed by atoms with van der Waals surface area (Å²) in [6, 6.07) is 2.05. The minimum atomic E-state index is -0.0207. The van der Waals surface area contributed by atoms with E-state index in [0.29, 0.717) is 6.42 Å². The molecule has 1 heterocycles. The SMILES string of the molecule is Cc1ccn(C2=CC=C(F)CC2)c1. The van der Waals surface area contributed by atoms with Crippen molar-refractivity contribution < 1.29 is 4.39 Å². The van der Waals surface area contributed by atoms with E-state index in [4.69, 9.17) is 0 Å². The monoisotopic (exact) mass is 177 g/mol.